The van der Waals surface area contributed by atoms with E-state index in [0.29, 0.717) is 17.9 Å². The maximum absolute atomic E-state index is 11.6. The Morgan fingerprint density at radius 2 is 2.00 bits per heavy atom. The van der Waals surface area contributed by atoms with Gasteiger partial charge in [0.25, 0.3) is 0 Å². The second kappa shape index (κ2) is 6.36. The number of benzene rings is 1. The quantitative estimate of drug-likeness (QED) is 0.386. The van der Waals surface area contributed by atoms with Crippen LogP contribution in [0.25, 0.3) is 0 Å². The maximum atomic E-state index is 11.6. The molecule has 0 bridgehead atoms. The molecule has 7 heteroatoms. The molecule has 0 aromatic heterocycles. The van der Waals surface area contributed by atoms with E-state index in [-0.39, 0.29) is 18.2 Å². The van der Waals surface area contributed by atoms with Crippen molar-refractivity contribution >= 4 is 21.5 Å². The Morgan fingerprint density at radius 3 is 2.50 bits per heavy atom. The summed E-state index contributed by atoms with van der Waals surface area (Å²) in [6, 6.07) is 6.30. The highest BCUT2D eigenvalue weighted by Gasteiger charge is 2.10. The molecule has 0 saturated carbocycles. The van der Waals surface area contributed by atoms with Gasteiger partial charge < -0.3 is 10.5 Å². The molecule has 1 aromatic rings. The van der Waals surface area contributed by atoms with E-state index < -0.39 is 10.0 Å². The van der Waals surface area contributed by atoms with Gasteiger partial charge in [-0.05, 0) is 31.2 Å². The monoisotopic (exact) mass is 271 g/mol. The van der Waals surface area contributed by atoms with E-state index in [9.17, 15) is 8.42 Å². The van der Waals surface area contributed by atoms with E-state index in [1.54, 1.807) is 31.2 Å². The van der Waals surface area contributed by atoms with Crippen LogP contribution in [0.3, 0.4) is 0 Å². The number of hydrogen-bond acceptors (Lipinski definition) is 4. The van der Waals surface area contributed by atoms with Gasteiger partial charge in [-0.3, -0.25) is 10.1 Å². The molecule has 1 rings (SSSR count). The number of sulfonamides is 1. The molecule has 0 saturated heterocycles. The minimum Gasteiger partial charge on any atom is -0.384 e. The van der Waals surface area contributed by atoms with Gasteiger partial charge in [0.2, 0.25) is 10.0 Å². The van der Waals surface area contributed by atoms with Gasteiger partial charge in [0, 0.05) is 17.9 Å². The third-order valence-corrected chi connectivity index (χ3v) is 3.42. The first-order valence-corrected chi connectivity index (χ1v) is 7.12. The summed E-state index contributed by atoms with van der Waals surface area (Å²) in [7, 11) is -3.40. The zero-order chi connectivity index (χ0) is 13.6. The van der Waals surface area contributed by atoms with Crippen molar-refractivity contribution in [1.29, 1.82) is 5.41 Å². The lowest BCUT2D eigenvalue weighted by atomic mass is 10.2. The van der Waals surface area contributed by atoms with Crippen LogP contribution in [0.5, 0.6) is 0 Å². The van der Waals surface area contributed by atoms with Gasteiger partial charge in [0.1, 0.15) is 5.84 Å². The molecule has 0 unspecified atom stereocenters. The molecule has 0 amide bonds. The predicted molar refractivity (Wildman–Crippen MR) is 71.4 cm³/mol. The van der Waals surface area contributed by atoms with Gasteiger partial charge in [-0.1, -0.05) is 0 Å². The molecular weight excluding hydrogens is 254 g/mol. The second-order valence-corrected chi connectivity index (χ2v) is 5.45. The zero-order valence-corrected chi connectivity index (χ0v) is 11.0. The fourth-order valence-electron chi connectivity index (χ4n) is 1.26. The molecule has 0 radical (unpaired) electrons. The van der Waals surface area contributed by atoms with Crippen LogP contribution in [0.15, 0.2) is 24.3 Å². The van der Waals surface area contributed by atoms with Crippen molar-refractivity contribution in [2.75, 3.05) is 23.7 Å². The lowest BCUT2D eigenvalue weighted by molar-refractivity contribution is 0.163. The van der Waals surface area contributed by atoms with Crippen molar-refractivity contribution in [2.45, 2.75) is 6.92 Å². The van der Waals surface area contributed by atoms with Crippen molar-refractivity contribution < 1.29 is 13.2 Å². The lowest BCUT2D eigenvalue weighted by Gasteiger charge is -2.08. The van der Waals surface area contributed by atoms with E-state index in [0.717, 1.165) is 0 Å². The SMILES string of the molecule is CCOCCS(=O)(=O)Nc1ccc(C(=N)N)cc1. The first kappa shape index (κ1) is 14.5. The largest absolute Gasteiger partial charge is 0.384 e. The van der Waals surface area contributed by atoms with Crippen LogP contribution in [-0.2, 0) is 14.8 Å². The summed E-state index contributed by atoms with van der Waals surface area (Å²) in [4.78, 5) is 0. The summed E-state index contributed by atoms with van der Waals surface area (Å²) < 4.78 is 30.7. The number of nitrogen functional groups attached to an aromatic ring is 1. The number of hydrogen-bond donors (Lipinski definition) is 3. The van der Waals surface area contributed by atoms with Gasteiger partial charge in [0.05, 0.1) is 12.4 Å². The number of anilines is 1. The highest BCUT2D eigenvalue weighted by molar-refractivity contribution is 7.92. The summed E-state index contributed by atoms with van der Waals surface area (Å²) in [6.07, 6.45) is 0. The van der Waals surface area contributed by atoms with Gasteiger partial charge in [-0.2, -0.15) is 0 Å². The molecule has 0 spiro atoms. The Hall–Kier alpha value is -1.60. The number of amidine groups is 1. The van der Waals surface area contributed by atoms with Crippen LogP contribution < -0.4 is 10.5 Å². The molecule has 0 atom stereocenters. The summed E-state index contributed by atoms with van der Waals surface area (Å²) in [5.41, 5.74) is 6.29. The molecule has 0 heterocycles. The fraction of sp³-hybridized carbons (Fsp3) is 0.364. The topological polar surface area (TPSA) is 105 Å². The Morgan fingerprint density at radius 1 is 1.39 bits per heavy atom. The maximum Gasteiger partial charge on any atom is 0.234 e. The summed E-state index contributed by atoms with van der Waals surface area (Å²) in [5.74, 6) is -0.143. The van der Waals surface area contributed by atoms with E-state index in [1.807, 2.05) is 0 Å². The van der Waals surface area contributed by atoms with Gasteiger partial charge in [-0.25, -0.2) is 8.42 Å². The van der Waals surface area contributed by atoms with Gasteiger partial charge in [-0.15, -0.1) is 0 Å². The highest BCUT2D eigenvalue weighted by atomic mass is 32.2. The van der Waals surface area contributed by atoms with E-state index in [1.165, 1.54) is 0 Å². The first-order chi connectivity index (χ1) is 8.44. The molecule has 100 valence electrons. The molecule has 6 nitrogen and oxygen atoms in total. The van der Waals surface area contributed by atoms with Crippen molar-refractivity contribution in [3.8, 4) is 0 Å². The molecule has 18 heavy (non-hydrogen) atoms. The van der Waals surface area contributed by atoms with Gasteiger partial charge >= 0.3 is 0 Å². The van der Waals surface area contributed by atoms with Crippen molar-refractivity contribution in [3.05, 3.63) is 29.8 Å². The summed E-state index contributed by atoms with van der Waals surface area (Å²) in [6.45, 7) is 2.46. The molecule has 0 fully saturated rings. The fourth-order valence-corrected chi connectivity index (χ4v) is 2.20. The second-order valence-electron chi connectivity index (χ2n) is 3.61. The van der Waals surface area contributed by atoms with Gasteiger partial charge in [0.15, 0.2) is 0 Å². The van der Waals surface area contributed by atoms with Crippen LogP contribution in [0.1, 0.15) is 12.5 Å². The van der Waals surface area contributed by atoms with Crippen LogP contribution >= 0.6 is 0 Å². The molecule has 0 aliphatic heterocycles. The molecule has 0 aliphatic rings. The van der Waals surface area contributed by atoms with Crippen LogP contribution in [0.2, 0.25) is 0 Å². The summed E-state index contributed by atoms with van der Waals surface area (Å²) >= 11 is 0. The smallest absolute Gasteiger partial charge is 0.234 e. The number of rotatable bonds is 7. The molecular formula is C11H17N3O3S. The van der Waals surface area contributed by atoms with Crippen LogP contribution in [0, 0.1) is 5.41 Å². The average Bonchev–Trinajstić information content (AvgIpc) is 2.29. The first-order valence-electron chi connectivity index (χ1n) is 5.47. The molecule has 4 N–H and O–H groups in total. The van der Waals surface area contributed by atoms with E-state index in [4.69, 9.17) is 15.9 Å². The Bertz CT molecular complexity index is 497. The Kier molecular flexibility index (Phi) is 5.11. The minimum atomic E-state index is -3.40. The van der Waals surface area contributed by atoms with Crippen molar-refractivity contribution in [1.82, 2.24) is 0 Å². The normalized spacial score (nSPS) is 11.2. The third-order valence-electron chi connectivity index (χ3n) is 2.17. The molecule has 0 aliphatic carbocycles. The zero-order valence-electron chi connectivity index (χ0n) is 10.1. The van der Waals surface area contributed by atoms with E-state index in [2.05, 4.69) is 4.72 Å². The van der Waals surface area contributed by atoms with Crippen molar-refractivity contribution in [3.63, 3.8) is 0 Å². The minimum absolute atomic E-state index is 0.0549. The third kappa shape index (κ3) is 4.72. The average molecular weight is 271 g/mol. The number of nitrogens with one attached hydrogen (secondary N) is 2. The summed E-state index contributed by atoms with van der Waals surface area (Å²) in [5, 5.41) is 7.22. The van der Waals surface area contributed by atoms with E-state index >= 15 is 0 Å². The van der Waals surface area contributed by atoms with Crippen LogP contribution in [-0.4, -0.2) is 33.2 Å². The standard InChI is InChI=1S/C11H17N3O3S/c1-2-17-7-8-18(15,16)14-10-5-3-9(4-6-10)11(12)13/h3-6,14H,2,7-8H2,1H3,(H3,12,13). The highest BCUT2D eigenvalue weighted by Crippen LogP contribution is 2.11. The number of ether oxygens (including phenoxy) is 1. The Labute approximate surface area is 107 Å². The van der Waals surface area contributed by atoms with Crippen molar-refractivity contribution in [2.24, 2.45) is 5.73 Å². The number of nitrogens with two attached hydrogens (primary N) is 1. The molecule has 1 aromatic carbocycles. The Balaban J connectivity index is 2.63. The predicted octanol–water partition coefficient (Wildman–Crippen LogP) is 0.749. The van der Waals surface area contributed by atoms with Crippen LogP contribution in [0.4, 0.5) is 5.69 Å². The lowest BCUT2D eigenvalue weighted by Crippen LogP contribution is -2.20.